The summed E-state index contributed by atoms with van der Waals surface area (Å²) in [5.41, 5.74) is 11.8. The van der Waals surface area contributed by atoms with Crippen LogP contribution in [0.3, 0.4) is 0 Å². The van der Waals surface area contributed by atoms with Crippen molar-refractivity contribution in [1.82, 2.24) is 19.9 Å². The number of rotatable bonds is 14. The van der Waals surface area contributed by atoms with E-state index >= 15 is 0 Å². The Labute approximate surface area is 210 Å². The minimum Gasteiger partial charge on any atom is -0.382 e. The fourth-order valence-corrected chi connectivity index (χ4v) is 4.81. The fourth-order valence-electron chi connectivity index (χ4n) is 4.81. The third kappa shape index (κ3) is 6.40. The molecule has 2 aromatic carbocycles. The van der Waals surface area contributed by atoms with Crippen molar-refractivity contribution in [3.8, 4) is 0 Å². The Morgan fingerprint density at radius 2 is 1.51 bits per heavy atom. The van der Waals surface area contributed by atoms with Crippen molar-refractivity contribution in [3.63, 3.8) is 0 Å². The molecule has 0 spiro atoms. The van der Waals surface area contributed by atoms with E-state index in [1.807, 2.05) is 12.1 Å². The predicted molar refractivity (Wildman–Crippen MR) is 149 cm³/mol. The molecular formula is C30H41N5. The molecule has 0 aliphatic heterocycles. The van der Waals surface area contributed by atoms with Gasteiger partial charge in [-0.25, -0.2) is 9.97 Å². The van der Waals surface area contributed by atoms with Crippen LogP contribution >= 0.6 is 0 Å². The third-order valence-electron chi connectivity index (χ3n) is 6.84. The maximum Gasteiger partial charge on any atom is 0.152 e. The third-order valence-corrected chi connectivity index (χ3v) is 6.84. The topological polar surface area (TPSA) is 68.8 Å². The van der Waals surface area contributed by atoms with Gasteiger partial charge in [-0.2, -0.15) is 0 Å². The molecule has 2 aromatic heterocycles. The molecule has 0 aliphatic rings. The van der Waals surface area contributed by atoms with Gasteiger partial charge in [-0.05, 0) is 36.6 Å². The number of nitrogen functional groups attached to an aromatic ring is 1. The zero-order chi connectivity index (χ0) is 24.5. The average molecular weight is 472 g/mol. The van der Waals surface area contributed by atoms with Gasteiger partial charge in [0.2, 0.25) is 0 Å². The highest BCUT2D eigenvalue weighted by atomic mass is 15.1. The van der Waals surface area contributed by atoms with Gasteiger partial charge < -0.3 is 15.6 Å². The number of aromatic nitrogens is 3. The summed E-state index contributed by atoms with van der Waals surface area (Å²) in [5, 5.41) is 4.72. The SMILES string of the molecule is CCCCCCCCNCc1ccc(Cn2c(CCCC)nc3c(N)nc4ccccc4c32)cc1. The van der Waals surface area contributed by atoms with Crippen LogP contribution in [0.4, 0.5) is 5.82 Å². The Balaban J connectivity index is 1.47. The van der Waals surface area contributed by atoms with Crippen molar-refractivity contribution in [2.24, 2.45) is 0 Å². The smallest absolute Gasteiger partial charge is 0.152 e. The first-order chi connectivity index (χ1) is 17.2. The average Bonchev–Trinajstić information content (AvgIpc) is 3.24. The highest BCUT2D eigenvalue weighted by molar-refractivity contribution is 6.06. The minimum absolute atomic E-state index is 0.516. The van der Waals surface area contributed by atoms with Crippen LogP contribution in [0.25, 0.3) is 21.9 Å². The van der Waals surface area contributed by atoms with Gasteiger partial charge in [0.25, 0.3) is 0 Å². The van der Waals surface area contributed by atoms with Crippen molar-refractivity contribution in [2.45, 2.75) is 84.7 Å². The maximum atomic E-state index is 6.35. The number of fused-ring (bicyclic) bond motifs is 3. The molecule has 35 heavy (non-hydrogen) atoms. The summed E-state index contributed by atoms with van der Waals surface area (Å²) in [6.45, 7) is 7.30. The number of hydrogen-bond donors (Lipinski definition) is 2. The molecule has 2 heterocycles. The van der Waals surface area contributed by atoms with E-state index < -0.39 is 0 Å². The second-order valence-electron chi connectivity index (χ2n) is 9.69. The number of benzene rings is 2. The molecule has 3 N–H and O–H groups in total. The number of pyridine rings is 1. The molecule has 5 heteroatoms. The number of nitrogens with zero attached hydrogens (tertiary/aromatic N) is 3. The van der Waals surface area contributed by atoms with E-state index in [2.05, 4.69) is 65.1 Å². The maximum absolute atomic E-state index is 6.35. The quantitative estimate of drug-likeness (QED) is 0.194. The van der Waals surface area contributed by atoms with E-state index in [1.54, 1.807) is 0 Å². The summed E-state index contributed by atoms with van der Waals surface area (Å²) in [7, 11) is 0. The van der Waals surface area contributed by atoms with Gasteiger partial charge in [0.05, 0.1) is 11.0 Å². The molecule has 0 saturated carbocycles. The molecule has 4 aromatic rings. The first-order valence-electron chi connectivity index (χ1n) is 13.5. The molecule has 5 nitrogen and oxygen atoms in total. The lowest BCUT2D eigenvalue weighted by molar-refractivity contribution is 0.572. The van der Waals surface area contributed by atoms with Gasteiger partial charge in [0.1, 0.15) is 11.3 Å². The van der Waals surface area contributed by atoms with Crippen molar-refractivity contribution < 1.29 is 0 Å². The van der Waals surface area contributed by atoms with Crippen molar-refractivity contribution >= 4 is 27.8 Å². The zero-order valence-electron chi connectivity index (χ0n) is 21.5. The first-order valence-corrected chi connectivity index (χ1v) is 13.5. The molecule has 0 atom stereocenters. The van der Waals surface area contributed by atoms with Crippen molar-refractivity contribution in [1.29, 1.82) is 0 Å². The molecule has 0 bridgehead atoms. The van der Waals surface area contributed by atoms with E-state index in [4.69, 9.17) is 10.7 Å². The van der Waals surface area contributed by atoms with Gasteiger partial charge in [-0.3, -0.25) is 0 Å². The molecule has 0 fully saturated rings. The normalized spacial score (nSPS) is 11.6. The van der Waals surface area contributed by atoms with Crippen molar-refractivity contribution in [3.05, 3.63) is 65.5 Å². The summed E-state index contributed by atoms with van der Waals surface area (Å²) in [5.74, 6) is 1.61. The second kappa shape index (κ2) is 12.7. The van der Waals surface area contributed by atoms with Gasteiger partial charge in [0, 0.05) is 24.9 Å². The van der Waals surface area contributed by atoms with E-state index in [0.29, 0.717) is 5.82 Å². The predicted octanol–water partition coefficient (Wildman–Crippen LogP) is 7.01. The Morgan fingerprint density at radius 1 is 0.800 bits per heavy atom. The largest absolute Gasteiger partial charge is 0.382 e. The molecular weight excluding hydrogens is 430 g/mol. The Hall–Kier alpha value is -2.92. The summed E-state index contributed by atoms with van der Waals surface area (Å²) < 4.78 is 2.36. The fraction of sp³-hybridized carbons (Fsp3) is 0.467. The molecule has 0 amide bonds. The van der Waals surface area contributed by atoms with E-state index in [-0.39, 0.29) is 0 Å². The number of unbranched alkanes of at least 4 members (excludes halogenated alkanes) is 6. The minimum atomic E-state index is 0.516. The van der Waals surface area contributed by atoms with Crippen molar-refractivity contribution in [2.75, 3.05) is 12.3 Å². The number of para-hydroxylation sites is 1. The summed E-state index contributed by atoms with van der Waals surface area (Å²) >= 11 is 0. The van der Waals surface area contributed by atoms with Gasteiger partial charge in [0.15, 0.2) is 5.82 Å². The lowest BCUT2D eigenvalue weighted by Crippen LogP contribution is -2.14. The molecule has 0 aliphatic carbocycles. The number of imidazole rings is 1. The van der Waals surface area contributed by atoms with Crippen LogP contribution < -0.4 is 11.1 Å². The molecule has 0 saturated heterocycles. The van der Waals surface area contributed by atoms with Gasteiger partial charge >= 0.3 is 0 Å². The van der Waals surface area contributed by atoms with E-state index in [1.165, 1.54) is 49.7 Å². The lowest BCUT2D eigenvalue weighted by atomic mass is 10.1. The standard InChI is InChI=1S/C30H41N5/c1-3-5-7-8-9-12-20-32-21-23-16-18-24(19-17-23)22-35-27(15-6-4-2)34-28-29(35)25-13-10-11-14-26(25)33-30(28)31/h10-11,13-14,16-19,32H,3-9,12,15,20-22H2,1-2H3,(H2,31,33). The zero-order valence-corrected chi connectivity index (χ0v) is 21.5. The Bertz CT molecular complexity index is 1210. The molecule has 4 rings (SSSR count). The Kier molecular flexibility index (Phi) is 9.13. The summed E-state index contributed by atoms with van der Waals surface area (Å²) in [4.78, 5) is 9.57. The number of hydrogen-bond acceptors (Lipinski definition) is 4. The van der Waals surface area contributed by atoms with E-state index in [9.17, 15) is 0 Å². The van der Waals surface area contributed by atoms with Crippen LogP contribution in [0, 0.1) is 0 Å². The summed E-state index contributed by atoms with van der Waals surface area (Å²) in [6, 6.07) is 17.2. The van der Waals surface area contributed by atoms with Gasteiger partial charge in [-0.1, -0.05) is 94.8 Å². The highest BCUT2D eigenvalue weighted by Gasteiger charge is 2.17. The first kappa shape index (κ1) is 25.2. The van der Waals surface area contributed by atoms with Crippen LogP contribution in [0.1, 0.15) is 82.2 Å². The Morgan fingerprint density at radius 3 is 2.31 bits per heavy atom. The van der Waals surface area contributed by atoms with Crippen LogP contribution in [-0.4, -0.2) is 21.1 Å². The van der Waals surface area contributed by atoms with Crippen LogP contribution in [0.2, 0.25) is 0 Å². The van der Waals surface area contributed by atoms with Crippen LogP contribution in [0.15, 0.2) is 48.5 Å². The lowest BCUT2D eigenvalue weighted by Gasteiger charge is -2.12. The number of aryl methyl sites for hydroxylation is 1. The number of nitrogens with two attached hydrogens (primary N) is 1. The molecule has 0 unspecified atom stereocenters. The second-order valence-corrected chi connectivity index (χ2v) is 9.69. The number of anilines is 1. The van der Waals surface area contributed by atoms with E-state index in [0.717, 1.165) is 66.7 Å². The monoisotopic (exact) mass is 471 g/mol. The summed E-state index contributed by atoms with van der Waals surface area (Å²) in [6.07, 6.45) is 11.2. The number of nitrogens with one attached hydrogen (secondary N) is 1. The molecule has 0 radical (unpaired) electrons. The van der Waals surface area contributed by atoms with Crippen LogP contribution in [-0.2, 0) is 19.5 Å². The highest BCUT2D eigenvalue weighted by Crippen LogP contribution is 2.30. The van der Waals surface area contributed by atoms with Gasteiger partial charge in [-0.15, -0.1) is 0 Å². The molecule has 186 valence electrons. The van der Waals surface area contributed by atoms with Crippen LogP contribution in [0.5, 0.6) is 0 Å².